The fourth-order valence-electron chi connectivity index (χ4n) is 14.1. The van der Waals surface area contributed by atoms with E-state index in [2.05, 4.69) is 27.7 Å². The highest BCUT2D eigenvalue weighted by Crippen LogP contribution is 2.67. The molecule has 0 aromatic heterocycles. The van der Waals surface area contributed by atoms with E-state index >= 15 is 0 Å². The molecule has 6 aliphatic carbocycles. The number of carbonyl (C=O) groups excluding carboxylic acids is 2. The lowest BCUT2D eigenvalue weighted by Gasteiger charge is -2.39. The van der Waals surface area contributed by atoms with E-state index in [1.54, 1.807) is 28.1 Å². The Labute approximate surface area is 306 Å². The maximum Gasteiger partial charge on any atom is 0.302 e. The third kappa shape index (κ3) is 8.79. The van der Waals surface area contributed by atoms with E-state index in [1.165, 1.54) is 64.2 Å². The molecule has 288 valence electrons. The van der Waals surface area contributed by atoms with E-state index in [-0.39, 0.29) is 24.1 Å². The van der Waals surface area contributed by atoms with Gasteiger partial charge >= 0.3 is 11.9 Å². The molecular formula is C44H76O6. The summed E-state index contributed by atoms with van der Waals surface area (Å²) in [7, 11) is 3.50. The molecule has 6 heteroatoms. The normalized spacial score (nSPS) is 40.2. The monoisotopic (exact) mass is 701 g/mol. The molecule has 0 aliphatic heterocycles. The van der Waals surface area contributed by atoms with Gasteiger partial charge in [0.1, 0.15) is 12.2 Å². The first-order valence-electron chi connectivity index (χ1n) is 21.5. The standard InChI is InChI=1S/2C22H38O3/c1-5-15-10-16(6-2)22-20-13-18(21(15)22)11-17(20)12-19(25-14(3)23)8-7-9-24-4;1-5-15-11-16(6-2)22-19-13-17(21(15)22)12-18(19)20(25-14(3)23)9-7-8-10-24-4/h2*15-22H,5-13H2,1-4H3. The zero-order valence-electron chi connectivity index (χ0n) is 33.4. The van der Waals surface area contributed by atoms with Crippen molar-refractivity contribution in [3.05, 3.63) is 0 Å². The zero-order chi connectivity index (χ0) is 35.9. The van der Waals surface area contributed by atoms with Crippen LogP contribution in [-0.4, -0.2) is 51.6 Å². The summed E-state index contributed by atoms with van der Waals surface area (Å²) in [4.78, 5) is 23.2. The van der Waals surface area contributed by atoms with Gasteiger partial charge in [-0.2, -0.15) is 0 Å². The molecule has 0 spiro atoms. The van der Waals surface area contributed by atoms with Gasteiger partial charge in [-0.3, -0.25) is 9.59 Å². The maximum atomic E-state index is 11.7. The number of methoxy groups -OCH3 is 2. The van der Waals surface area contributed by atoms with E-state index in [0.29, 0.717) is 5.92 Å². The predicted octanol–water partition coefficient (Wildman–Crippen LogP) is 10.2. The quantitative estimate of drug-likeness (QED) is 0.105. The smallest absolute Gasteiger partial charge is 0.302 e. The molecule has 6 saturated carbocycles. The van der Waals surface area contributed by atoms with E-state index in [9.17, 15) is 9.59 Å². The fourth-order valence-corrected chi connectivity index (χ4v) is 14.1. The Bertz CT molecular complexity index is 1060. The molecule has 4 bridgehead atoms. The number of rotatable bonds is 18. The summed E-state index contributed by atoms with van der Waals surface area (Å²) in [6.45, 7) is 14.3. The minimum atomic E-state index is -0.123. The highest BCUT2D eigenvalue weighted by atomic mass is 16.5. The summed E-state index contributed by atoms with van der Waals surface area (Å²) in [6.07, 6.45) is 20.3. The number of carbonyl (C=O) groups is 2. The van der Waals surface area contributed by atoms with Gasteiger partial charge in [0, 0.05) is 41.3 Å². The van der Waals surface area contributed by atoms with Crippen molar-refractivity contribution >= 4 is 11.9 Å². The number of hydrogen-bond donors (Lipinski definition) is 0. The van der Waals surface area contributed by atoms with Gasteiger partial charge < -0.3 is 18.9 Å². The third-order valence-electron chi connectivity index (χ3n) is 15.6. The Kier molecular flexibility index (Phi) is 15.0. The van der Waals surface area contributed by atoms with E-state index < -0.39 is 0 Å². The highest BCUT2D eigenvalue weighted by Gasteiger charge is 2.61. The highest BCUT2D eigenvalue weighted by molar-refractivity contribution is 5.66. The number of ether oxygens (including phenoxy) is 4. The van der Waals surface area contributed by atoms with Crippen LogP contribution in [0.2, 0.25) is 0 Å². The molecule has 16 unspecified atom stereocenters. The molecule has 0 aromatic rings. The van der Waals surface area contributed by atoms with Crippen LogP contribution in [0.15, 0.2) is 0 Å². The molecule has 0 saturated heterocycles. The minimum Gasteiger partial charge on any atom is -0.463 e. The van der Waals surface area contributed by atoms with Gasteiger partial charge in [-0.05, 0) is 160 Å². The first kappa shape index (κ1) is 40.1. The van der Waals surface area contributed by atoms with E-state index in [0.717, 1.165) is 129 Å². The van der Waals surface area contributed by atoms with Gasteiger partial charge in [0.25, 0.3) is 0 Å². The molecule has 6 nitrogen and oxygen atoms in total. The third-order valence-corrected chi connectivity index (χ3v) is 15.6. The number of esters is 2. The average Bonchev–Trinajstić information content (AvgIpc) is 3.93. The second-order valence-corrected chi connectivity index (χ2v) is 17.9. The van der Waals surface area contributed by atoms with Gasteiger partial charge in [-0.1, -0.05) is 53.4 Å². The average molecular weight is 701 g/mol. The zero-order valence-corrected chi connectivity index (χ0v) is 33.4. The van der Waals surface area contributed by atoms with E-state index in [1.807, 2.05) is 0 Å². The first-order chi connectivity index (χ1) is 24.2. The fraction of sp³-hybridized carbons (Fsp3) is 0.955. The van der Waals surface area contributed by atoms with Gasteiger partial charge in [0.2, 0.25) is 0 Å². The summed E-state index contributed by atoms with van der Waals surface area (Å²) in [6, 6.07) is 0. The van der Waals surface area contributed by atoms with Crippen LogP contribution in [0.4, 0.5) is 0 Å². The second kappa shape index (κ2) is 18.8. The van der Waals surface area contributed by atoms with Crippen LogP contribution in [0.5, 0.6) is 0 Å². The summed E-state index contributed by atoms with van der Waals surface area (Å²) < 4.78 is 21.9. The van der Waals surface area contributed by atoms with Gasteiger partial charge in [0.05, 0.1) is 0 Å². The lowest BCUT2D eigenvalue weighted by molar-refractivity contribution is -0.152. The molecule has 0 heterocycles. The molecule has 6 aliphatic rings. The maximum absolute atomic E-state index is 11.7. The van der Waals surface area contributed by atoms with Crippen LogP contribution in [0.3, 0.4) is 0 Å². The minimum absolute atomic E-state index is 0.0962. The molecule has 0 radical (unpaired) electrons. The topological polar surface area (TPSA) is 71.1 Å². The summed E-state index contributed by atoms with van der Waals surface area (Å²) in [5, 5.41) is 0. The first-order valence-corrected chi connectivity index (χ1v) is 21.5. The van der Waals surface area contributed by atoms with Gasteiger partial charge in [-0.15, -0.1) is 0 Å². The largest absolute Gasteiger partial charge is 0.463 e. The summed E-state index contributed by atoms with van der Waals surface area (Å²) >= 11 is 0. The number of fused-ring (bicyclic) bond motifs is 10. The van der Waals surface area contributed by atoms with Crippen molar-refractivity contribution in [2.75, 3.05) is 27.4 Å². The second-order valence-electron chi connectivity index (χ2n) is 17.9. The Morgan fingerprint density at radius 1 is 0.560 bits per heavy atom. The van der Waals surface area contributed by atoms with Crippen LogP contribution >= 0.6 is 0 Å². The van der Waals surface area contributed by atoms with Gasteiger partial charge in [0.15, 0.2) is 0 Å². The Morgan fingerprint density at radius 2 is 1.08 bits per heavy atom. The number of hydrogen-bond acceptors (Lipinski definition) is 6. The summed E-state index contributed by atoms with van der Waals surface area (Å²) in [5.41, 5.74) is 0. The Hall–Kier alpha value is -1.14. The van der Waals surface area contributed by atoms with Gasteiger partial charge in [-0.25, -0.2) is 0 Å². The predicted molar refractivity (Wildman–Crippen MR) is 200 cm³/mol. The van der Waals surface area contributed by atoms with Crippen molar-refractivity contribution in [1.82, 2.24) is 0 Å². The van der Waals surface area contributed by atoms with Crippen molar-refractivity contribution in [3.8, 4) is 0 Å². The van der Waals surface area contributed by atoms with Crippen LogP contribution in [0.25, 0.3) is 0 Å². The van der Waals surface area contributed by atoms with E-state index in [4.69, 9.17) is 18.9 Å². The van der Waals surface area contributed by atoms with Crippen molar-refractivity contribution in [2.24, 2.45) is 82.9 Å². The van der Waals surface area contributed by atoms with Crippen LogP contribution in [0.1, 0.15) is 144 Å². The Balaban J connectivity index is 0.000000194. The SMILES string of the molecule is CCC1CC(CC)C2C3CC(CC3C(CCCCOC)OC(C)=O)C12.CCC1CC(CC)C2C3CC(CC3CC(CCCOC)OC(C)=O)C12. The van der Waals surface area contributed by atoms with Crippen molar-refractivity contribution in [3.63, 3.8) is 0 Å². The molecule has 6 rings (SSSR count). The molecule has 0 N–H and O–H groups in total. The van der Waals surface area contributed by atoms with Crippen LogP contribution in [-0.2, 0) is 28.5 Å². The molecule has 0 amide bonds. The van der Waals surface area contributed by atoms with Crippen molar-refractivity contribution in [1.29, 1.82) is 0 Å². The molecule has 16 atom stereocenters. The lowest BCUT2D eigenvalue weighted by atomic mass is 9.68. The molecular weight excluding hydrogens is 624 g/mol. The van der Waals surface area contributed by atoms with Crippen LogP contribution < -0.4 is 0 Å². The molecule has 0 aromatic carbocycles. The van der Waals surface area contributed by atoms with Crippen molar-refractivity contribution < 1.29 is 28.5 Å². The molecule has 6 fully saturated rings. The molecule has 50 heavy (non-hydrogen) atoms. The lowest BCUT2D eigenvalue weighted by Crippen LogP contribution is -2.37. The van der Waals surface area contributed by atoms with Crippen LogP contribution in [0, 0.1) is 82.9 Å². The number of unbranched alkanes of at least 4 members (excludes halogenated alkanes) is 1. The van der Waals surface area contributed by atoms with Crippen molar-refractivity contribution in [2.45, 2.75) is 156 Å². The Morgan fingerprint density at radius 3 is 1.64 bits per heavy atom. The summed E-state index contributed by atoms with van der Waals surface area (Å²) in [5.74, 6) is 12.4.